The van der Waals surface area contributed by atoms with Crippen LogP contribution in [-0.2, 0) is 19.0 Å². The van der Waals surface area contributed by atoms with Gasteiger partial charge in [-0.15, -0.1) is 11.8 Å². The van der Waals surface area contributed by atoms with E-state index in [1.54, 1.807) is 11.8 Å². The van der Waals surface area contributed by atoms with E-state index >= 15 is 0 Å². The number of benzene rings is 3. The Morgan fingerprint density at radius 1 is 0.680 bits per heavy atom. The Morgan fingerprint density at radius 3 is 1.84 bits per heavy atom. The van der Waals surface area contributed by atoms with Crippen molar-refractivity contribution in [1.82, 2.24) is 0 Å². The molecule has 0 saturated carbocycles. The van der Waals surface area contributed by atoms with Crippen LogP contribution in [-0.4, -0.2) is 10.2 Å². The highest BCUT2D eigenvalue weighted by molar-refractivity contribution is 9.10. The second kappa shape index (κ2) is 11.1. The summed E-state index contributed by atoms with van der Waals surface area (Å²) in [5.41, 5.74) is 3.24. The third-order valence-electron chi connectivity index (χ3n) is 3.51. The number of rotatable bonds is 5. The van der Waals surface area contributed by atoms with Gasteiger partial charge < -0.3 is 10.2 Å². The van der Waals surface area contributed by atoms with E-state index in [4.69, 9.17) is 5.11 Å². The van der Waals surface area contributed by atoms with Gasteiger partial charge in [-0.2, -0.15) is 0 Å². The zero-order valence-electron chi connectivity index (χ0n) is 13.8. The minimum absolute atomic E-state index is 0.0986. The normalized spacial score (nSPS) is 10.0. The van der Waals surface area contributed by atoms with Gasteiger partial charge in [0.15, 0.2) is 0 Å². The fraction of sp³-hybridized carbons (Fsp3) is 0.143. The van der Waals surface area contributed by atoms with Crippen molar-refractivity contribution in [3.05, 3.63) is 100 Å². The molecule has 0 fully saturated rings. The summed E-state index contributed by atoms with van der Waals surface area (Å²) in [5.74, 6) is 0.942. The van der Waals surface area contributed by atoms with Crippen molar-refractivity contribution >= 4 is 27.7 Å². The van der Waals surface area contributed by atoms with Crippen LogP contribution in [0, 0.1) is 0 Å². The summed E-state index contributed by atoms with van der Waals surface area (Å²) < 4.78 is 0.965. The molecule has 0 aliphatic heterocycles. The van der Waals surface area contributed by atoms with Crippen LogP contribution in [0.25, 0.3) is 0 Å². The van der Waals surface area contributed by atoms with Crippen LogP contribution in [0.15, 0.2) is 88.2 Å². The second-order valence-electron chi connectivity index (χ2n) is 5.29. The van der Waals surface area contributed by atoms with Gasteiger partial charge in [0.25, 0.3) is 0 Å². The first-order valence-corrected chi connectivity index (χ1v) is 9.72. The molecule has 3 aromatic carbocycles. The first-order valence-electron chi connectivity index (χ1n) is 7.94. The lowest BCUT2D eigenvalue weighted by Crippen LogP contribution is -1.87. The summed E-state index contributed by atoms with van der Waals surface area (Å²) in [6.07, 6.45) is 0. The Morgan fingerprint density at radius 2 is 1.24 bits per heavy atom. The number of aliphatic hydroxyl groups is 2. The minimum Gasteiger partial charge on any atom is -0.392 e. The predicted molar refractivity (Wildman–Crippen MR) is 108 cm³/mol. The zero-order valence-corrected chi connectivity index (χ0v) is 16.2. The second-order valence-corrected chi connectivity index (χ2v) is 7.16. The molecule has 3 aromatic rings. The van der Waals surface area contributed by atoms with Crippen LogP contribution in [0.5, 0.6) is 0 Å². The van der Waals surface area contributed by atoms with E-state index in [-0.39, 0.29) is 13.2 Å². The Labute approximate surface area is 161 Å². The van der Waals surface area contributed by atoms with Crippen molar-refractivity contribution < 1.29 is 10.2 Å². The Balaban J connectivity index is 0.000000212. The maximum Gasteiger partial charge on any atom is 0.0692 e. The standard InChI is InChI=1S/C14H14OS.C7H7BrO/c15-10-13-8-4-5-9-14(13)16-11-12-6-2-1-3-7-12;8-7-4-2-1-3-6(7)5-9/h1-9,15H,10-11H2;1-4,9H,5H2. The highest BCUT2D eigenvalue weighted by Crippen LogP contribution is 2.26. The largest absolute Gasteiger partial charge is 0.392 e. The molecule has 2 nitrogen and oxygen atoms in total. The molecule has 3 rings (SSSR count). The molecule has 0 spiro atoms. The van der Waals surface area contributed by atoms with E-state index in [0.717, 1.165) is 26.2 Å². The van der Waals surface area contributed by atoms with E-state index in [0.29, 0.717) is 0 Å². The quantitative estimate of drug-likeness (QED) is 0.546. The Bertz CT molecular complexity index is 763. The average Bonchev–Trinajstić information content (AvgIpc) is 2.68. The smallest absolute Gasteiger partial charge is 0.0692 e. The van der Waals surface area contributed by atoms with E-state index in [1.807, 2.05) is 60.7 Å². The maximum atomic E-state index is 9.20. The van der Waals surface area contributed by atoms with Crippen molar-refractivity contribution in [3.63, 3.8) is 0 Å². The molecule has 2 N–H and O–H groups in total. The summed E-state index contributed by atoms with van der Waals surface area (Å²) in [6.45, 7) is 0.208. The molecule has 0 aromatic heterocycles. The van der Waals surface area contributed by atoms with Crippen LogP contribution in [0.2, 0.25) is 0 Å². The lowest BCUT2D eigenvalue weighted by molar-refractivity contribution is 0.279. The molecular formula is C21H21BrO2S. The number of thioether (sulfide) groups is 1. The molecule has 0 aliphatic rings. The Kier molecular flexibility index (Phi) is 8.77. The van der Waals surface area contributed by atoms with Crippen LogP contribution < -0.4 is 0 Å². The van der Waals surface area contributed by atoms with Gasteiger partial charge in [-0.25, -0.2) is 0 Å². The van der Waals surface area contributed by atoms with Gasteiger partial charge in [-0.05, 0) is 28.8 Å². The topological polar surface area (TPSA) is 40.5 Å². The summed E-state index contributed by atoms with van der Waals surface area (Å²) in [6, 6.07) is 26.0. The van der Waals surface area contributed by atoms with Gasteiger partial charge in [-0.1, -0.05) is 82.7 Å². The minimum atomic E-state index is 0.0986. The first kappa shape index (κ1) is 19.7. The summed E-state index contributed by atoms with van der Waals surface area (Å²) in [5, 5.41) is 17.9. The number of hydrogen-bond donors (Lipinski definition) is 2. The van der Waals surface area contributed by atoms with Gasteiger partial charge in [-0.3, -0.25) is 0 Å². The monoisotopic (exact) mass is 416 g/mol. The number of aliphatic hydroxyl groups excluding tert-OH is 2. The summed E-state index contributed by atoms with van der Waals surface area (Å²) in [7, 11) is 0. The highest BCUT2D eigenvalue weighted by atomic mass is 79.9. The van der Waals surface area contributed by atoms with E-state index < -0.39 is 0 Å². The lowest BCUT2D eigenvalue weighted by atomic mass is 10.2. The van der Waals surface area contributed by atoms with Gasteiger partial charge in [0.05, 0.1) is 13.2 Å². The molecule has 0 bridgehead atoms. The highest BCUT2D eigenvalue weighted by Gasteiger charge is 2.01. The maximum absolute atomic E-state index is 9.20. The molecule has 25 heavy (non-hydrogen) atoms. The average molecular weight is 417 g/mol. The van der Waals surface area contributed by atoms with E-state index in [1.165, 1.54) is 5.56 Å². The predicted octanol–water partition coefficient (Wildman–Crippen LogP) is 5.41. The van der Waals surface area contributed by atoms with Gasteiger partial charge in [0.1, 0.15) is 0 Å². The van der Waals surface area contributed by atoms with Gasteiger partial charge >= 0.3 is 0 Å². The van der Waals surface area contributed by atoms with Crippen LogP contribution in [0.4, 0.5) is 0 Å². The molecule has 0 atom stereocenters. The van der Waals surface area contributed by atoms with Crippen LogP contribution in [0.3, 0.4) is 0 Å². The van der Waals surface area contributed by atoms with Crippen LogP contribution in [0.1, 0.15) is 16.7 Å². The molecule has 0 radical (unpaired) electrons. The zero-order chi connectivity index (χ0) is 17.9. The molecule has 4 heteroatoms. The van der Waals surface area contributed by atoms with Gasteiger partial charge in [0, 0.05) is 15.1 Å². The van der Waals surface area contributed by atoms with Gasteiger partial charge in [0.2, 0.25) is 0 Å². The Hall–Kier alpha value is -1.59. The molecule has 0 aliphatic carbocycles. The molecular weight excluding hydrogens is 396 g/mol. The number of halogens is 1. The lowest BCUT2D eigenvalue weighted by Gasteiger charge is -2.06. The third kappa shape index (κ3) is 6.67. The summed E-state index contributed by atoms with van der Waals surface area (Å²) in [4.78, 5) is 1.16. The van der Waals surface area contributed by atoms with E-state index in [9.17, 15) is 5.11 Å². The number of hydrogen-bond acceptors (Lipinski definition) is 3. The van der Waals surface area contributed by atoms with Crippen molar-refractivity contribution in [2.45, 2.75) is 23.9 Å². The molecule has 0 saturated heterocycles. The first-order chi connectivity index (χ1) is 12.2. The van der Waals surface area contributed by atoms with E-state index in [2.05, 4.69) is 34.1 Å². The molecule has 0 unspecified atom stereocenters. The molecule has 130 valence electrons. The van der Waals surface area contributed by atoms with Crippen LogP contribution >= 0.6 is 27.7 Å². The molecule has 0 heterocycles. The van der Waals surface area contributed by atoms with Crippen molar-refractivity contribution in [3.8, 4) is 0 Å². The third-order valence-corrected chi connectivity index (χ3v) is 5.47. The SMILES string of the molecule is OCc1ccccc1Br.OCc1ccccc1SCc1ccccc1. The summed E-state index contributed by atoms with van der Waals surface area (Å²) >= 11 is 5.06. The van der Waals surface area contributed by atoms with Crippen molar-refractivity contribution in [1.29, 1.82) is 0 Å². The van der Waals surface area contributed by atoms with Crippen molar-refractivity contribution in [2.24, 2.45) is 0 Å². The molecule has 0 amide bonds. The fourth-order valence-corrected chi connectivity index (χ4v) is 3.55. The van der Waals surface area contributed by atoms with Crippen molar-refractivity contribution in [2.75, 3.05) is 0 Å². The fourth-order valence-electron chi connectivity index (χ4n) is 2.14.